The quantitative estimate of drug-likeness (QED) is 0.757. The predicted octanol–water partition coefficient (Wildman–Crippen LogP) is 1.85. The average Bonchev–Trinajstić information content (AvgIpc) is 2.61. The monoisotopic (exact) mass is 241 g/mol. The molecule has 1 aromatic rings. The largest absolute Gasteiger partial charge is 0.384 e. The summed E-state index contributed by atoms with van der Waals surface area (Å²) < 4.78 is 5.22. The first-order valence-electron chi connectivity index (χ1n) is 5.42. The van der Waals surface area contributed by atoms with E-state index in [0.29, 0.717) is 17.0 Å². The Labute approximate surface area is 101 Å². The van der Waals surface area contributed by atoms with Gasteiger partial charge in [-0.2, -0.15) is 0 Å². The van der Waals surface area contributed by atoms with Crippen molar-refractivity contribution in [1.82, 2.24) is 9.97 Å². The first kappa shape index (κ1) is 11.6. The molecule has 0 spiro atoms. The molecule has 0 amide bonds. The Bertz CT molecular complexity index is 361. The second-order valence-electron chi connectivity index (χ2n) is 4.30. The highest BCUT2D eigenvalue weighted by Crippen LogP contribution is 2.27. The minimum absolute atomic E-state index is 0.493. The summed E-state index contributed by atoms with van der Waals surface area (Å²) in [6, 6.07) is 1.81. The molecule has 0 aromatic carbocycles. The zero-order valence-electron chi connectivity index (χ0n) is 9.56. The summed E-state index contributed by atoms with van der Waals surface area (Å²) in [5.74, 6) is 2.10. The van der Waals surface area contributed by atoms with Crippen LogP contribution in [0, 0.1) is 11.8 Å². The Morgan fingerprint density at radius 2 is 2.31 bits per heavy atom. The standard InChI is InChI=1S/C11H16ClN3O/c1-8-4-15(5-9(8)6-16-2)11-3-10(12)13-7-14-11/h3,7-9H,4-6H2,1-2H3/t8-,9-/m0/s1. The van der Waals surface area contributed by atoms with Crippen LogP contribution in [0.4, 0.5) is 5.82 Å². The molecule has 0 N–H and O–H groups in total. The highest BCUT2D eigenvalue weighted by Gasteiger charge is 2.30. The smallest absolute Gasteiger partial charge is 0.134 e. The molecule has 88 valence electrons. The first-order chi connectivity index (χ1) is 7.70. The van der Waals surface area contributed by atoms with Gasteiger partial charge in [-0.15, -0.1) is 0 Å². The van der Waals surface area contributed by atoms with E-state index in [2.05, 4.69) is 21.8 Å². The molecular weight excluding hydrogens is 226 g/mol. The Morgan fingerprint density at radius 1 is 1.50 bits per heavy atom. The summed E-state index contributed by atoms with van der Waals surface area (Å²) in [5.41, 5.74) is 0. The number of methoxy groups -OCH3 is 1. The van der Waals surface area contributed by atoms with Crippen molar-refractivity contribution in [3.8, 4) is 0 Å². The van der Waals surface area contributed by atoms with Crippen LogP contribution >= 0.6 is 11.6 Å². The van der Waals surface area contributed by atoms with Crippen LogP contribution in [0.3, 0.4) is 0 Å². The number of rotatable bonds is 3. The van der Waals surface area contributed by atoms with Crippen molar-refractivity contribution >= 4 is 17.4 Å². The molecule has 4 nitrogen and oxygen atoms in total. The summed E-state index contributed by atoms with van der Waals surface area (Å²) in [7, 11) is 1.75. The Hall–Kier alpha value is -0.870. The number of halogens is 1. The van der Waals surface area contributed by atoms with Crippen LogP contribution in [-0.4, -0.2) is 36.8 Å². The molecular formula is C11H16ClN3O. The second kappa shape index (κ2) is 4.97. The van der Waals surface area contributed by atoms with Gasteiger partial charge in [0.25, 0.3) is 0 Å². The van der Waals surface area contributed by atoms with Gasteiger partial charge in [0.2, 0.25) is 0 Å². The molecule has 16 heavy (non-hydrogen) atoms. The lowest BCUT2D eigenvalue weighted by Gasteiger charge is -2.16. The number of nitrogens with zero attached hydrogens (tertiary/aromatic N) is 3. The number of aromatic nitrogens is 2. The molecule has 1 aromatic heterocycles. The fraction of sp³-hybridized carbons (Fsp3) is 0.636. The maximum Gasteiger partial charge on any atom is 0.134 e. The van der Waals surface area contributed by atoms with Gasteiger partial charge in [0, 0.05) is 32.2 Å². The van der Waals surface area contributed by atoms with E-state index in [0.717, 1.165) is 25.5 Å². The van der Waals surface area contributed by atoms with Gasteiger partial charge >= 0.3 is 0 Å². The molecule has 1 aliphatic heterocycles. The van der Waals surface area contributed by atoms with Crippen LogP contribution in [0.2, 0.25) is 5.15 Å². The van der Waals surface area contributed by atoms with Gasteiger partial charge in [0.05, 0.1) is 6.61 Å². The maximum absolute atomic E-state index is 5.85. The molecule has 0 bridgehead atoms. The normalized spacial score (nSPS) is 25.1. The van der Waals surface area contributed by atoms with Crippen LogP contribution in [0.5, 0.6) is 0 Å². The van der Waals surface area contributed by atoms with E-state index in [1.807, 2.05) is 6.07 Å². The van der Waals surface area contributed by atoms with Gasteiger partial charge in [-0.3, -0.25) is 0 Å². The van der Waals surface area contributed by atoms with Crippen LogP contribution in [0.15, 0.2) is 12.4 Å². The van der Waals surface area contributed by atoms with Crippen molar-refractivity contribution in [2.45, 2.75) is 6.92 Å². The summed E-state index contributed by atoms with van der Waals surface area (Å²) >= 11 is 5.85. The van der Waals surface area contributed by atoms with Gasteiger partial charge in [0.1, 0.15) is 17.3 Å². The Balaban J connectivity index is 2.07. The summed E-state index contributed by atoms with van der Waals surface area (Å²) in [6.07, 6.45) is 1.51. The Morgan fingerprint density at radius 3 is 3.00 bits per heavy atom. The van der Waals surface area contributed by atoms with E-state index < -0.39 is 0 Å². The van der Waals surface area contributed by atoms with Crippen LogP contribution in [-0.2, 0) is 4.74 Å². The van der Waals surface area contributed by atoms with Gasteiger partial charge in [-0.05, 0) is 5.92 Å². The molecule has 1 saturated heterocycles. The highest BCUT2D eigenvalue weighted by molar-refractivity contribution is 6.29. The van der Waals surface area contributed by atoms with Crippen LogP contribution in [0.25, 0.3) is 0 Å². The third-order valence-electron chi connectivity index (χ3n) is 3.09. The molecule has 1 aliphatic rings. The number of ether oxygens (including phenoxy) is 1. The van der Waals surface area contributed by atoms with E-state index >= 15 is 0 Å². The molecule has 0 aliphatic carbocycles. The lowest BCUT2D eigenvalue weighted by atomic mass is 10.00. The van der Waals surface area contributed by atoms with Crippen molar-refractivity contribution < 1.29 is 4.74 Å². The number of hydrogen-bond acceptors (Lipinski definition) is 4. The summed E-state index contributed by atoms with van der Waals surface area (Å²) in [5, 5.41) is 0.493. The molecule has 0 radical (unpaired) electrons. The average molecular weight is 242 g/mol. The lowest BCUT2D eigenvalue weighted by Crippen LogP contribution is -2.21. The van der Waals surface area contributed by atoms with Crippen LogP contribution < -0.4 is 4.90 Å². The van der Waals surface area contributed by atoms with Crippen molar-refractivity contribution in [2.75, 3.05) is 31.7 Å². The SMILES string of the molecule is COC[C@@H]1CN(c2cc(Cl)ncn2)C[C@@H]1C. The third kappa shape index (κ3) is 2.44. The topological polar surface area (TPSA) is 38.2 Å². The minimum Gasteiger partial charge on any atom is -0.384 e. The molecule has 2 rings (SSSR count). The minimum atomic E-state index is 0.493. The van der Waals surface area contributed by atoms with Gasteiger partial charge < -0.3 is 9.64 Å². The fourth-order valence-corrected chi connectivity index (χ4v) is 2.29. The fourth-order valence-electron chi connectivity index (χ4n) is 2.15. The van der Waals surface area contributed by atoms with E-state index in [1.165, 1.54) is 6.33 Å². The van der Waals surface area contributed by atoms with E-state index in [1.54, 1.807) is 7.11 Å². The van der Waals surface area contributed by atoms with Crippen LogP contribution in [0.1, 0.15) is 6.92 Å². The Kier molecular flexibility index (Phi) is 3.61. The van der Waals surface area contributed by atoms with Crippen molar-refractivity contribution in [3.63, 3.8) is 0 Å². The maximum atomic E-state index is 5.85. The van der Waals surface area contributed by atoms with Crippen molar-refractivity contribution in [3.05, 3.63) is 17.5 Å². The van der Waals surface area contributed by atoms with Crippen molar-refractivity contribution in [2.24, 2.45) is 11.8 Å². The lowest BCUT2D eigenvalue weighted by molar-refractivity contribution is 0.144. The molecule has 2 heterocycles. The van der Waals surface area contributed by atoms with Gasteiger partial charge in [-0.1, -0.05) is 18.5 Å². The second-order valence-corrected chi connectivity index (χ2v) is 4.68. The van der Waals surface area contributed by atoms with E-state index in [4.69, 9.17) is 16.3 Å². The number of hydrogen-bond donors (Lipinski definition) is 0. The summed E-state index contributed by atoms with van der Waals surface area (Å²) in [6.45, 7) is 5.02. The van der Waals surface area contributed by atoms with E-state index in [-0.39, 0.29) is 0 Å². The van der Waals surface area contributed by atoms with Gasteiger partial charge in [-0.25, -0.2) is 9.97 Å². The van der Waals surface area contributed by atoms with E-state index in [9.17, 15) is 0 Å². The molecule has 1 fully saturated rings. The molecule has 0 unspecified atom stereocenters. The molecule has 5 heteroatoms. The van der Waals surface area contributed by atoms with Crippen molar-refractivity contribution in [1.29, 1.82) is 0 Å². The molecule has 0 saturated carbocycles. The third-order valence-corrected chi connectivity index (χ3v) is 3.30. The molecule has 2 atom stereocenters. The zero-order chi connectivity index (χ0) is 11.5. The first-order valence-corrected chi connectivity index (χ1v) is 5.80. The summed E-state index contributed by atoms with van der Waals surface area (Å²) in [4.78, 5) is 10.4. The zero-order valence-corrected chi connectivity index (χ0v) is 10.3. The number of anilines is 1. The predicted molar refractivity (Wildman–Crippen MR) is 63.8 cm³/mol. The highest BCUT2D eigenvalue weighted by atomic mass is 35.5. The van der Waals surface area contributed by atoms with Gasteiger partial charge in [0.15, 0.2) is 0 Å².